The minimum Gasteiger partial charge on any atom is -0.508 e. The topological polar surface area (TPSA) is 333 Å². The Hall–Kier alpha value is -11.5. The van der Waals surface area contributed by atoms with Gasteiger partial charge in [0.05, 0.1) is 121 Å². The normalized spacial score (nSPS) is 9.97. The largest absolute Gasteiger partial charge is 0.508 e. The van der Waals surface area contributed by atoms with Gasteiger partial charge in [-0.1, -0.05) is 147 Å². The first kappa shape index (κ1) is 103. The summed E-state index contributed by atoms with van der Waals surface area (Å²) in [5.41, 5.74) is 3.36. The van der Waals surface area contributed by atoms with Crippen LogP contribution in [0.1, 0.15) is 43.0 Å². The molecule has 0 spiro atoms. The Morgan fingerprint density at radius 2 is 0.540 bits per heavy atom. The predicted octanol–water partition coefficient (Wildman–Crippen LogP) is 25.3. The first-order valence-corrected chi connectivity index (χ1v) is 42.7. The molecular weight excluding hydrogens is 2110 g/mol. The zero-order valence-electron chi connectivity index (χ0n) is 69.5. The lowest BCUT2D eigenvalue weighted by molar-refractivity contribution is -0.136. The Morgan fingerprint density at radius 1 is 0.310 bits per heavy atom. The van der Waals surface area contributed by atoms with Crippen molar-refractivity contribution in [2.45, 2.75) is 24.8 Å². The van der Waals surface area contributed by atoms with Crippen molar-refractivity contribution in [3.8, 4) is 138 Å². The average molecular weight is 2200 g/mol. The number of aliphatic carboxylic acids is 1. The van der Waals surface area contributed by atoms with Gasteiger partial charge in [-0.2, -0.15) is 5.26 Å². The number of carboxylic acids is 3. The first-order chi connectivity index (χ1) is 60.4. The fourth-order valence-corrected chi connectivity index (χ4v) is 13.2. The molecule has 0 atom stereocenters. The van der Waals surface area contributed by atoms with Gasteiger partial charge in [0.25, 0.3) is 0 Å². The number of rotatable bonds is 29. The van der Waals surface area contributed by atoms with Crippen LogP contribution in [0.5, 0.6) is 132 Å². The number of phenolic OH excluding ortho intramolecular Hbond substituents is 1. The van der Waals surface area contributed by atoms with Crippen molar-refractivity contribution < 1.29 is 120 Å². The molecule has 12 aromatic carbocycles. The van der Waals surface area contributed by atoms with Crippen molar-refractivity contribution in [3.05, 3.63) is 284 Å². The number of aliphatic hydroxyl groups is 1. The van der Waals surface area contributed by atoms with E-state index in [1.165, 1.54) is 52.7 Å². The van der Waals surface area contributed by atoms with Crippen LogP contribution < -0.4 is 80.5 Å². The standard InChI is InChI=1S/C16H14BrNO3.C16H15BrO5.C15H14Br2O3.C15H13BrO5.C15H15BrO4.C8H10O3.C7H4BrClO2/c1-19-13-8-14(20-2)10-15(9-13)21-16-7-12(17)4-3-11(16)5-6-18;1-20-12-7-13(21-2)9-14(8-12)22-15-6-11(17)4-3-10(15)5-16(18)19;1-18-12-6-13(19-2)8-14(7-12)20-15-5-11(17)4-3-10(15)9-16;1-19-10-6-11(20-2)8-12(7-10)21-14-5-9(16)3-4-13(14)15(17)18;1-18-12-6-13(19-2)8-14(7-12)20-15-5-11(16)4-3-10(15)9-17;1-10-7-3-6(9)4-8(5-7)11-2;8-4-1-2-5(7(10)11)6(9)3-4/h3-4,7-10H,5H2,1-2H3;3-4,6-9H,5H2,1-2H3,(H,18,19);3-8H,9H2,1-2H3;3-8H,1-2H3,(H,17,18);3-8,17H,9H2,1-2H3;3-5,9H,1-2H3;1-3H,(H,10,11). The van der Waals surface area contributed by atoms with Crippen LogP contribution in [0.2, 0.25) is 5.02 Å². The third-order valence-corrected chi connectivity index (χ3v) is 20.4. The highest BCUT2D eigenvalue weighted by Gasteiger charge is 2.18. The second-order valence-corrected chi connectivity index (χ2v) is 31.4. The van der Waals surface area contributed by atoms with Gasteiger partial charge in [0, 0.05) is 164 Å². The van der Waals surface area contributed by atoms with Crippen LogP contribution in [0.3, 0.4) is 0 Å². The molecule has 0 heterocycles. The molecule has 26 nitrogen and oxygen atoms in total. The van der Waals surface area contributed by atoms with E-state index in [0.717, 1.165) is 49.0 Å². The van der Waals surface area contributed by atoms with Gasteiger partial charge in [-0.25, -0.2) is 9.59 Å². The fourth-order valence-electron chi connectivity index (χ4n) is 10.3. The molecule has 0 aliphatic heterocycles. The fraction of sp³-hybridized carbons (Fsp3) is 0.174. The Balaban J connectivity index is 0.000000230. The number of aromatic hydroxyl groups is 1. The van der Waals surface area contributed by atoms with Crippen LogP contribution in [0.15, 0.2) is 245 Å². The van der Waals surface area contributed by atoms with E-state index >= 15 is 0 Å². The Labute approximate surface area is 792 Å². The molecule has 12 rings (SSSR count). The maximum Gasteiger partial charge on any atom is 0.339 e. The number of methoxy groups -OCH3 is 12. The van der Waals surface area contributed by atoms with E-state index in [4.69, 9.17) is 113 Å². The van der Waals surface area contributed by atoms with Crippen LogP contribution >= 0.6 is 123 Å². The summed E-state index contributed by atoms with van der Waals surface area (Å²) in [5.74, 6) is 9.97. The summed E-state index contributed by atoms with van der Waals surface area (Å²) in [7, 11) is 18.8. The molecule has 126 heavy (non-hydrogen) atoms. The smallest absolute Gasteiger partial charge is 0.339 e. The number of carboxylic acid groups (broad SMARTS) is 3. The molecular formula is C92H85Br7ClNO25. The number of benzene rings is 12. The van der Waals surface area contributed by atoms with E-state index in [1.54, 1.807) is 196 Å². The van der Waals surface area contributed by atoms with Crippen LogP contribution in [0, 0.1) is 11.3 Å². The third kappa shape index (κ3) is 34.5. The molecule has 0 aromatic heterocycles. The summed E-state index contributed by atoms with van der Waals surface area (Å²) in [6.07, 6.45) is 0.160. The molecule has 0 fully saturated rings. The van der Waals surface area contributed by atoms with Crippen molar-refractivity contribution in [2.75, 3.05) is 85.3 Å². The van der Waals surface area contributed by atoms with Gasteiger partial charge in [-0.3, -0.25) is 4.79 Å². The minimum absolute atomic E-state index is 0.0694. The second kappa shape index (κ2) is 53.8. The molecule has 0 saturated heterocycles. The molecule has 0 bridgehead atoms. The SMILES string of the molecule is COc1cc(O)cc(OC)c1.COc1cc(OC)cc(Oc2cc(Br)ccc2C(=O)O)c1.COc1cc(OC)cc(Oc2cc(Br)ccc2CBr)c1.COc1cc(OC)cc(Oc2cc(Br)ccc2CC#N)c1.COc1cc(OC)cc(Oc2cc(Br)ccc2CC(=O)O)c1.COc1cc(OC)cc(Oc2cc(Br)ccc2CO)c1.O=C(O)c1ccc(Br)cc1Cl. The number of nitrogens with zero attached hydrogens (tertiary/aromatic N) is 1. The second-order valence-electron chi connectivity index (χ2n) is 24.9. The Bertz CT molecular complexity index is 5420. The minimum atomic E-state index is -1.06. The van der Waals surface area contributed by atoms with Crippen molar-refractivity contribution in [2.24, 2.45) is 0 Å². The third-order valence-electron chi connectivity index (χ3n) is 16.5. The van der Waals surface area contributed by atoms with Gasteiger partial charge < -0.3 is 106 Å². The Kier molecular flexibility index (Phi) is 44.1. The number of phenols is 1. The number of ether oxygens (including phenoxy) is 17. The van der Waals surface area contributed by atoms with Gasteiger partial charge in [0.1, 0.15) is 138 Å². The summed E-state index contributed by atoms with van der Waals surface area (Å²) in [6.45, 7) is -0.0935. The average Bonchev–Trinajstić information content (AvgIpc) is 0.835. The quantitative estimate of drug-likeness (QED) is 0.0272. The van der Waals surface area contributed by atoms with E-state index < -0.39 is 17.9 Å². The zero-order chi connectivity index (χ0) is 92.5. The number of halogens is 8. The number of aliphatic hydroxyl groups excluding tert-OH is 1. The van der Waals surface area contributed by atoms with Crippen molar-refractivity contribution in [1.82, 2.24) is 0 Å². The van der Waals surface area contributed by atoms with E-state index in [2.05, 4.69) is 118 Å². The highest BCUT2D eigenvalue weighted by molar-refractivity contribution is 9.11. The molecule has 0 amide bonds. The number of nitriles is 1. The Morgan fingerprint density at radius 3 is 0.817 bits per heavy atom. The van der Waals surface area contributed by atoms with Gasteiger partial charge in [-0.05, 0) is 84.9 Å². The molecule has 0 saturated carbocycles. The van der Waals surface area contributed by atoms with Gasteiger partial charge in [0.2, 0.25) is 0 Å². The van der Waals surface area contributed by atoms with Gasteiger partial charge >= 0.3 is 17.9 Å². The zero-order valence-corrected chi connectivity index (χ0v) is 81.3. The summed E-state index contributed by atoms with van der Waals surface area (Å²) in [6, 6.07) is 64.5. The summed E-state index contributed by atoms with van der Waals surface area (Å²) >= 11 is 29.1. The summed E-state index contributed by atoms with van der Waals surface area (Å²) in [4.78, 5) is 32.6. The van der Waals surface area contributed by atoms with E-state index in [0.29, 0.717) is 126 Å². The van der Waals surface area contributed by atoms with Crippen LogP contribution in [-0.2, 0) is 29.6 Å². The van der Waals surface area contributed by atoms with Crippen LogP contribution in [0.25, 0.3) is 0 Å². The lowest BCUT2D eigenvalue weighted by atomic mass is 10.1. The van der Waals surface area contributed by atoms with E-state index in [-0.39, 0.29) is 47.1 Å². The number of alkyl halides is 1. The molecule has 0 radical (unpaired) electrons. The molecule has 0 aliphatic rings. The van der Waals surface area contributed by atoms with Crippen molar-refractivity contribution in [3.63, 3.8) is 0 Å². The maximum atomic E-state index is 11.2. The van der Waals surface area contributed by atoms with Gasteiger partial charge in [0.15, 0.2) is 0 Å². The lowest BCUT2D eigenvalue weighted by Gasteiger charge is -2.13. The summed E-state index contributed by atoms with van der Waals surface area (Å²) in [5, 5.41) is 55.0. The molecule has 664 valence electrons. The molecule has 0 aliphatic carbocycles. The highest BCUT2D eigenvalue weighted by atomic mass is 79.9. The molecule has 34 heteroatoms. The first-order valence-electron chi connectivity index (χ1n) is 36.5. The number of hydrogen-bond acceptors (Lipinski definition) is 23. The van der Waals surface area contributed by atoms with Crippen molar-refractivity contribution >= 4 is 141 Å². The van der Waals surface area contributed by atoms with Gasteiger partial charge in [-0.15, -0.1) is 0 Å². The summed E-state index contributed by atoms with van der Waals surface area (Å²) < 4.78 is 95.9. The van der Waals surface area contributed by atoms with E-state index in [9.17, 15) is 24.6 Å². The van der Waals surface area contributed by atoms with E-state index in [1.807, 2.05) is 54.6 Å². The number of aromatic carboxylic acids is 2. The highest BCUT2D eigenvalue weighted by Crippen LogP contribution is 2.41. The molecule has 5 N–H and O–H groups in total. The maximum absolute atomic E-state index is 11.2. The van der Waals surface area contributed by atoms with Crippen LogP contribution in [-0.4, -0.2) is 129 Å². The van der Waals surface area contributed by atoms with Crippen molar-refractivity contribution in [1.29, 1.82) is 5.26 Å². The monoisotopic (exact) mass is 2190 g/mol. The number of hydrogen-bond donors (Lipinski definition) is 5. The molecule has 12 aromatic rings. The lowest BCUT2D eigenvalue weighted by Crippen LogP contribution is -2.02. The predicted molar refractivity (Wildman–Crippen MR) is 502 cm³/mol. The molecule has 0 unspecified atom stereocenters. The number of carbonyl (C=O) groups is 3. The van der Waals surface area contributed by atoms with Crippen LogP contribution in [0.4, 0.5) is 0 Å².